The zero-order chi connectivity index (χ0) is 21.2. The first-order valence-corrected chi connectivity index (χ1v) is 8.97. The molecule has 0 spiro atoms. The summed E-state index contributed by atoms with van der Waals surface area (Å²) < 4.78 is 15.4. The van der Waals surface area contributed by atoms with Crippen molar-refractivity contribution in [1.29, 1.82) is 0 Å². The third-order valence-electron chi connectivity index (χ3n) is 3.46. The van der Waals surface area contributed by atoms with E-state index in [2.05, 4.69) is 10.6 Å². The number of methoxy groups -OCH3 is 1. The average molecular weight is 447 g/mol. The second-order valence-corrected chi connectivity index (χ2v) is 7.12. The van der Waals surface area contributed by atoms with Gasteiger partial charge in [0, 0.05) is 20.1 Å². The predicted octanol–water partition coefficient (Wildman–Crippen LogP) is 3.22. The maximum absolute atomic E-state index is 12.5. The van der Waals surface area contributed by atoms with Crippen molar-refractivity contribution in [3.05, 3.63) is 23.8 Å². The quantitative estimate of drug-likeness (QED) is 0.321. The number of rotatable bonds is 10. The number of phenols is 2. The predicted molar refractivity (Wildman–Crippen MR) is 123 cm³/mol. The fourth-order valence-corrected chi connectivity index (χ4v) is 2.20. The van der Waals surface area contributed by atoms with E-state index in [0.717, 1.165) is 0 Å². The van der Waals surface area contributed by atoms with Crippen LogP contribution in [0.5, 0.6) is 11.5 Å². The molecule has 0 aromatic heterocycles. The molecule has 182 valence electrons. The molecule has 0 saturated carbocycles. The molecule has 9 nitrogen and oxygen atoms in total. The van der Waals surface area contributed by atoms with E-state index in [1.54, 1.807) is 33.9 Å². The molecular weight excluding hydrogens is 404 g/mol. The molecular formula is C22H42N2O7. The van der Waals surface area contributed by atoms with Gasteiger partial charge < -0.3 is 35.1 Å². The Hall–Kier alpha value is -2.52. The largest absolute Gasteiger partial charge is 0.504 e. The van der Waals surface area contributed by atoms with E-state index in [9.17, 15) is 19.8 Å². The van der Waals surface area contributed by atoms with Crippen molar-refractivity contribution >= 4 is 12.0 Å². The summed E-state index contributed by atoms with van der Waals surface area (Å²) in [4.78, 5) is 24.6. The fraction of sp³-hybridized carbons (Fsp3) is 0.636. The van der Waals surface area contributed by atoms with Gasteiger partial charge in [0.15, 0.2) is 11.5 Å². The summed E-state index contributed by atoms with van der Waals surface area (Å²) >= 11 is 0. The van der Waals surface area contributed by atoms with Crippen LogP contribution in [-0.4, -0.2) is 67.3 Å². The standard InChI is InChI=1S/C19H30N2O7.3CH4/c1-19(2,3)28-18(25)21-14(11-13-5-6-15(22)16(23)12-13)17(24)20-7-8-27-10-9-26-4;;;/h5-6,12,14,22-23H,7-11H2,1-4H3,(H,20,24)(H,21,25);3*1H4. The van der Waals surface area contributed by atoms with Crippen molar-refractivity contribution in [3.63, 3.8) is 0 Å². The molecule has 0 radical (unpaired) electrons. The van der Waals surface area contributed by atoms with Gasteiger partial charge in [-0.25, -0.2) is 4.79 Å². The smallest absolute Gasteiger partial charge is 0.408 e. The molecule has 0 heterocycles. The van der Waals surface area contributed by atoms with Crippen LogP contribution >= 0.6 is 0 Å². The van der Waals surface area contributed by atoms with Crippen molar-refractivity contribution < 1.29 is 34.0 Å². The summed E-state index contributed by atoms with van der Waals surface area (Å²) in [5, 5.41) is 24.3. The van der Waals surface area contributed by atoms with E-state index >= 15 is 0 Å². The Balaban J connectivity index is -0.00000261. The Labute approximate surface area is 187 Å². The maximum Gasteiger partial charge on any atom is 0.408 e. The number of hydrogen-bond acceptors (Lipinski definition) is 7. The third kappa shape index (κ3) is 14.2. The van der Waals surface area contributed by atoms with Crippen LogP contribution < -0.4 is 10.6 Å². The molecule has 0 saturated heterocycles. The number of alkyl carbamates (subject to hydrolysis) is 1. The van der Waals surface area contributed by atoms with E-state index in [4.69, 9.17) is 14.2 Å². The minimum atomic E-state index is -0.933. The molecule has 0 fully saturated rings. The molecule has 2 amide bonds. The lowest BCUT2D eigenvalue weighted by molar-refractivity contribution is -0.123. The highest BCUT2D eigenvalue weighted by atomic mass is 16.6. The molecule has 1 aromatic carbocycles. The maximum atomic E-state index is 12.5. The summed E-state index contributed by atoms with van der Waals surface area (Å²) in [6, 6.07) is 3.27. The Morgan fingerprint density at radius 3 is 2.23 bits per heavy atom. The first kappa shape index (κ1) is 33.1. The summed E-state index contributed by atoms with van der Waals surface area (Å²) in [7, 11) is 1.57. The van der Waals surface area contributed by atoms with Crippen molar-refractivity contribution in [2.45, 2.75) is 61.1 Å². The fourth-order valence-electron chi connectivity index (χ4n) is 2.20. The minimum Gasteiger partial charge on any atom is -0.504 e. The molecule has 1 atom stereocenters. The molecule has 4 N–H and O–H groups in total. The SMILES string of the molecule is C.C.C.COCCOCCNC(=O)C(Cc1ccc(O)c(O)c1)NC(=O)OC(C)(C)C. The van der Waals surface area contributed by atoms with Crippen molar-refractivity contribution in [2.75, 3.05) is 33.5 Å². The summed E-state index contributed by atoms with van der Waals surface area (Å²) in [6.45, 7) is 6.59. The molecule has 0 aliphatic rings. The topological polar surface area (TPSA) is 126 Å². The Morgan fingerprint density at radius 2 is 1.68 bits per heavy atom. The highest BCUT2D eigenvalue weighted by Crippen LogP contribution is 2.25. The van der Waals surface area contributed by atoms with Crippen LogP contribution in [0.4, 0.5) is 4.79 Å². The van der Waals surface area contributed by atoms with Crippen LogP contribution in [0, 0.1) is 0 Å². The molecule has 0 bridgehead atoms. The number of benzene rings is 1. The molecule has 9 heteroatoms. The Kier molecular flexibility index (Phi) is 17.3. The van der Waals surface area contributed by atoms with Crippen molar-refractivity contribution in [2.24, 2.45) is 0 Å². The van der Waals surface area contributed by atoms with E-state index < -0.39 is 23.6 Å². The zero-order valence-corrected chi connectivity index (χ0v) is 16.8. The van der Waals surface area contributed by atoms with Gasteiger partial charge in [-0.2, -0.15) is 0 Å². The summed E-state index contributed by atoms with van der Waals surface area (Å²) in [5.41, 5.74) is -0.153. The molecule has 1 rings (SSSR count). The monoisotopic (exact) mass is 446 g/mol. The van der Waals surface area contributed by atoms with Gasteiger partial charge in [0.2, 0.25) is 5.91 Å². The lowest BCUT2D eigenvalue weighted by atomic mass is 10.0. The second kappa shape index (κ2) is 16.2. The van der Waals surface area contributed by atoms with Gasteiger partial charge >= 0.3 is 6.09 Å². The van der Waals surface area contributed by atoms with E-state index in [0.29, 0.717) is 25.4 Å². The Morgan fingerprint density at radius 1 is 1.03 bits per heavy atom. The highest BCUT2D eigenvalue weighted by Gasteiger charge is 2.24. The van der Waals surface area contributed by atoms with Crippen molar-refractivity contribution in [3.8, 4) is 11.5 Å². The van der Waals surface area contributed by atoms with Crippen LogP contribution in [-0.2, 0) is 25.4 Å². The zero-order valence-electron chi connectivity index (χ0n) is 16.8. The summed E-state index contributed by atoms with van der Waals surface area (Å²) in [6.07, 6.45) is -0.629. The van der Waals surface area contributed by atoms with Crippen molar-refractivity contribution in [1.82, 2.24) is 10.6 Å². The number of amides is 2. The van der Waals surface area contributed by atoms with Gasteiger partial charge in [0.25, 0.3) is 0 Å². The van der Waals surface area contributed by atoms with Crippen LogP contribution in [0.2, 0.25) is 0 Å². The van der Waals surface area contributed by atoms with Gasteiger partial charge in [0.05, 0.1) is 19.8 Å². The number of aromatic hydroxyl groups is 2. The minimum absolute atomic E-state index is 0. The van der Waals surface area contributed by atoms with Crippen LogP contribution in [0.1, 0.15) is 48.6 Å². The van der Waals surface area contributed by atoms with Crippen LogP contribution in [0.3, 0.4) is 0 Å². The lowest BCUT2D eigenvalue weighted by Gasteiger charge is -2.23. The van der Waals surface area contributed by atoms with E-state index in [-0.39, 0.29) is 46.7 Å². The number of ether oxygens (including phenoxy) is 3. The first-order chi connectivity index (χ1) is 13.1. The first-order valence-electron chi connectivity index (χ1n) is 8.97. The van der Waals surface area contributed by atoms with Gasteiger partial charge in [-0.1, -0.05) is 28.3 Å². The number of phenolic OH excluding ortho intramolecular Hbond substituents is 2. The molecule has 1 aromatic rings. The van der Waals surface area contributed by atoms with E-state index in [1.807, 2.05) is 0 Å². The second-order valence-electron chi connectivity index (χ2n) is 7.12. The summed E-state index contributed by atoms with van der Waals surface area (Å²) in [5.74, 6) is -0.993. The van der Waals surface area contributed by atoms with Gasteiger partial charge in [0.1, 0.15) is 11.6 Å². The molecule has 0 aliphatic heterocycles. The Bertz CT molecular complexity index is 645. The number of carbonyl (C=O) groups excluding carboxylic acids is 2. The van der Waals surface area contributed by atoms with Crippen LogP contribution in [0.15, 0.2) is 18.2 Å². The lowest BCUT2D eigenvalue weighted by Crippen LogP contribution is -2.49. The van der Waals surface area contributed by atoms with Gasteiger partial charge in [-0.3, -0.25) is 4.79 Å². The number of hydrogen-bond donors (Lipinski definition) is 4. The van der Waals surface area contributed by atoms with Gasteiger partial charge in [-0.05, 0) is 38.5 Å². The average Bonchev–Trinajstić information content (AvgIpc) is 2.58. The molecule has 0 aliphatic carbocycles. The van der Waals surface area contributed by atoms with Gasteiger partial charge in [-0.15, -0.1) is 0 Å². The normalized spacial score (nSPS) is 11.1. The molecule has 1 unspecified atom stereocenters. The third-order valence-corrected chi connectivity index (χ3v) is 3.46. The highest BCUT2D eigenvalue weighted by molar-refractivity contribution is 5.86. The van der Waals surface area contributed by atoms with E-state index in [1.165, 1.54) is 12.1 Å². The number of nitrogens with one attached hydrogen (secondary N) is 2. The molecule has 31 heavy (non-hydrogen) atoms. The number of carbonyl (C=O) groups is 2. The van der Waals surface area contributed by atoms with Crippen LogP contribution in [0.25, 0.3) is 0 Å².